The van der Waals surface area contributed by atoms with Gasteiger partial charge in [0.2, 0.25) is 0 Å². The molecule has 6 nitrogen and oxygen atoms in total. The summed E-state index contributed by atoms with van der Waals surface area (Å²) in [6, 6.07) is 8.25. The molecule has 4 N–H and O–H groups in total. The molecule has 0 saturated heterocycles. The molecule has 0 saturated carbocycles. The van der Waals surface area contributed by atoms with E-state index in [0.29, 0.717) is 32.2 Å². The first kappa shape index (κ1) is 20.9. The van der Waals surface area contributed by atoms with E-state index >= 15 is 0 Å². The van der Waals surface area contributed by atoms with Gasteiger partial charge >= 0.3 is 11.9 Å². The zero-order chi connectivity index (χ0) is 18.5. The summed E-state index contributed by atoms with van der Waals surface area (Å²) in [6.07, 6.45) is 4.46. The lowest BCUT2D eigenvalue weighted by atomic mass is 10.0. The molecule has 1 aromatic rings. The molecule has 0 radical (unpaired) electrons. The van der Waals surface area contributed by atoms with Gasteiger partial charge in [0.05, 0.1) is 0 Å². The number of unbranched alkanes of at least 4 members (excludes halogenated alkanes) is 1. The molecule has 0 aliphatic carbocycles. The van der Waals surface area contributed by atoms with Crippen molar-refractivity contribution in [1.82, 2.24) is 5.32 Å². The first-order chi connectivity index (χ1) is 12.1. The number of hydrogen-bond donors (Lipinski definition) is 3. The topological polar surface area (TPSA) is 102 Å². The Labute approximate surface area is 149 Å². The predicted octanol–water partition coefficient (Wildman–Crippen LogP) is 1.89. The summed E-state index contributed by atoms with van der Waals surface area (Å²) in [5.74, 6) is -1.43. The zero-order valence-electron chi connectivity index (χ0n) is 14.5. The van der Waals surface area contributed by atoms with Crippen LogP contribution in [-0.4, -0.2) is 42.3 Å². The number of carbonyl (C=O) groups is 2. The van der Waals surface area contributed by atoms with Crippen LogP contribution in [0.1, 0.15) is 31.2 Å². The third kappa shape index (κ3) is 8.47. The molecule has 1 rings (SSSR count). The number of rotatable bonds is 13. The quantitative estimate of drug-likeness (QED) is 0.286. The largest absolute Gasteiger partial charge is 0.480 e. The Bertz CT molecular complexity index is 533. The molecule has 0 heterocycles. The van der Waals surface area contributed by atoms with Gasteiger partial charge in [0.25, 0.3) is 0 Å². The number of benzene rings is 1. The molecule has 25 heavy (non-hydrogen) atoms. The Balaban J connectivity index is 2.71. The lowest BCUT2D eigenvalue weighted by Crippen LogP contribution is -2.48. The van der Waals surface area contributed by atoms with E-state index in [0.717, 1.165) is 12.0 Å². The van der Waals surface area contributed by atoms with Crippen molar-refractivity contribution in [2.45, 2.75) is 44.2 Å². The summed E-state index contributed by atoms with van der Waals surface area (Å²) in [5, 5.41) is 12.3. The van der Waals surface area contributed by atoms with Crippen molar-refractivity contribution in [1.29, 1.82) is 0 Å². The molecular weight excluding hydrogens is 320 g/mol. The lowest BCUT2D eigenvalue weighted by Gasteiger charge is -2.22. The van der Waals surface area contributed by atoms with Gasteiger partial charge < -0.3 is 15.6 Å². The fourth-order valence-corrected chi connectivity index (χ4v) is 2.48. The standard InChI is InChI=1S/C19H28N2O4/c1-2-14-25-19(24)17(12-11-15-8-4-3-5-9-15)21-16(18(22)23)10-6-7-13-20/h2-5,8-9,16-17,21H,1,6-7,10-14,20H2,(H,22,23)/t16-,17-/m0/s1. The van der Waals surface area contributed by atoms with Crippen LogP contribution in [-0.2, 0) is 20.7 Å². The van der Waals surface area contributed by atoms with Crippen molar-refractivity contribution in [3.05, 3.63) is 48.6 Å². The fourth-order valence-electron chi connectivity index (χ4n) is 2.48. The van der Waals surface area contributed by atoms with Crippen molar-refractivity contribution in [2.75, 3.05) is 13.2 Å². The Morgan fingerprint density at radius 1 is 1.20 bits per heavy atom. The first-order valence-electron chi connectivity index (χ1n) is 8.58. The molecule has 1 aromatic carbocycles. The summed E-state index contributed by atoms with van der Waals surface area (Å²) in [4.78, 5) is 23.7. The highest BCUT2D eigenvalue weighted by Crippen LogP contribution is 2.09. The molecule has 0 aliphatic rings. The number of carbonyl (C=O) groups excluding carboxylic acids is 1. The van der Waals surface area contributed by atoms with Crippen LogP contribution in [0.25, 0.3) is 0 Å². The molecule has 0 aromatic heterocycles. The van der Waals surface area contributed by atoms with Crippen molar-refractivity contribution in [3.63, 3.8) is 0 Å². The van der Waals surface area contributed by atoms with Gasteiger partial charge in [-0.1, -0.05) is 49.4 Å². The highest BCUT2D eigenvalue weighted by molar-refractivity contribution is 5.78. The van der Waals surface area contributed by atoms with Gasteiger partial charge in [0.1, 0.15) is 18.7 Å². The molecule has 0 spiro atoms. The second kappa shape index (κ2) is 12.2. The third-order valence-electron chi connectivity index (χ3n) is 3.84. The van der Waals surface area contributed by atoms with Gasteiger partial charge in [-0.05, 0) is 37.8 Å². The van der Waals surface area contributed by atoms with Crippen molar-refractivity contribution >= 4 is 11.9 Å². The van der Waals surface area contributed by atoms with E-state index in [2.05, 4.69) is 11.9 Å². The number of aryl methyl sites for hydroxylation is 1. The number of carboxylic acids is 1. The fraction of sp³-hybridized carbons (Fsp3) is 0.474. The van der Waals surface area contributed by atoms with Crippen LogP contribution in [0.2, 0.25) is 0 Å². The normalized spacial score (nSPS) is 13.0. The molecule has 0 fully saturated rings. The molecule has 6 heteroatoms. The van der Waals surface area contributed by atoms with Crippen LogP contribution in [0.15, 0.2) is 43.0 Å². The number of esters is 1. The van der Waals surface area contributed by atoms with Crippen LogP contribution in [0.3, 0.4) is 0 Å². The van der Waals surface area contributed by atoms with Crippen LogP contribution >= 0.6 is 0 Å². The number of ether oxygens (including phenoxy) is 1. The molecular formula is C19H28N2O4. The van der Waals surface area contributed by atoms with Gasteiger partial charge in [-0.3, -0.25) is 14.9 Å². The van der Waals surface area contributed by atoms with Gasteiger partial charge in [0.15, 0.2) is 0 Å². The van der Waals surface area contributed by atoms with Crippen LogP contribution in [0.5, 0.6) is 0 Å². The minimum atomic E-state index is -0.974. The van der Waals surface area contributed by atoms with Gasteiger partial charge in [0, 0.05) is 0 Å². The monoisotopic (exact) mass is 348 g/mol. The molecule has 2 atom stereocenters. The summed E-state index contributed by atoms with van der Waals surface area (Å²) in [5.41, 5.74) is 6.54. The van der Waals surface area contributed by atoms with Crippen molar-refractivity contribution < 1.29 is 19.4 Å². The maximum absolute atomic E-state index is 12.3. The SMILES string of the molecule is C=CCOC(=O)[C@H](CCc1ccccc1)N[C@@H](CCCCN)C(=O)O. The molecule has 0 aliphatic heterocycles. The van der Waals surface area contributed by atoms with Gasteiger partial charge in [-0.25, -0.2) is 0 Å². The minimum absolute atomic E-state index is 0.104. The summed E-state index contributed by atoms with van der Waals surface area (Å²) >= 11 is 0. The van der Waals surface area contributed by atoms with E-state index < -0.39 is 24.0 Å². The molecule has 138 valence electrons. The summed E-state index contributed by atoms with van der Waals surface area (Å²) in [7, 11) is 0. The Hall–Kier alpha value is -2.18. The lowest BCUT2D eigenvalue weighted by molar-refractivity contribution is -0.146. The molecule has 0 bridgehead atoms. The Morgan fingerprint density at radius 3 is 2.52 bits per heavy atom. The van der Waals surface area contributed by atoms with E-state index in [9.17, 15) is 14.7 Å². The van der Waals surface area contributed by atoms with E-state index in [1.54, 1.807) is 0 Å². The molecule has 0 amide bonds. The number of carboxylic acid groups (broad SMARTS) is 1. The average molecular weight is 348 g/mol. The maximum atomic E-state index is 12.3. The van der Waals surface area contributed by atoms with Crippen molar-refractivity contribution in [2.24, 2.45) is 5.73 Å². The van der Waals surface area contributed by atoms with Crippen molar-refractivity contribution in [3.8, 4) is 0 Å². The second-order valence-corrected chi connectivity index (χ2v) is 5.84. The maximum Gasteiger partial charge on any atom is 0.323 e. The third-order valence-corrected chi connectivity index (χ3v) is 3.84. The van der Waals surface area contributed by atoms with Gasteiger partial charge in [-0.2, -0.15) is 0 Å². The highest BCUT2D eigenvalue weighted by Gasteiger charge is 2.26. The smallest absolute Gasteiger partial charge is 0.323 e. The van der Waals surface area contributed by atoms with Crippen LogP contribution < -0.4 is 11.1 Å². The van der Waals surface area contributed by atoms with Crippen LogP contribution in [0.4, 0.5) is 0 Å². The first-order valence-corrected chi connectivity index (χ1v) is 8.58. The number of nitrogens with two attached hydrogens (primary N) is 1. The molecule has 0 unspecified atom stereocenters. The summed E-state index contributed by atoms with van der Waals surface area (Å²) < 4.78 is 5.12. The number of nitrogens with one attached hydrogen (secondary N) is 1. The second-order valence-electron chi connectivity index (χ2n) is 5.84. The highest BCUT2D eigenvalue weighted by atomic mass is 16.5. The minimum Gasteiger partial charge on any atom is -0.480 e. The number of hydrogen-bond acceptors (Lipinski definition) is 5. The predicted molar refractivity (Wildman–Crippen MR) is 97.2 cm³/mol. The number of aliphatic carboxylic acids is 1. The Kier molecular flexibility index (Phi) is 10.2. The zero-order valence-corrected chi connectivity index (χ0v) is 14.5. The summed E-state index contributed by atoms with van der Waals surface area (Å²) in [6.45, 7) is 4.14. The Morgan fingerprint density at radius 2 is 1.92 bits per heavy atom. The van der Waals surface area contributed by atoms with Crippen LogP contribution in [0, 0.1) is 0 Å². The van der Waals surface area contributed by atoms with E-state index in [1.807, 2.05) is 30.3 Å². The van der Waals surface area contributed by atoms with Gasteiger partial charge in [-0.15, -0.1) is 0 Å². The van der Waals surface area contributed by atoms with E-state index in [1.165, 1.54) is 6.08 Å². The van der Waals surface area contributed by atoms with E-state index in [-0.39, 0.29) is 6.61 Å². The van der Waals surface area contributed by atoms with E-state index in [4.69, 9.17) is 10.5 Å². The average Bonchev–Trinajstić information content (AvgIpc) is 2.62.